The van der Waals surface area contributed by atoms with Crippen LogP contribution < -0.4 is 15.5 Å². The standard InChI is InChI=1S/C27H28FN5O3/c1-17-7-9-23-20(15-17)18(2)25(36-23)26(34)30-19-8-10-24(29-16-19)32-11-13-33(14-12-32)27(35)31-22-6-4-3-5-21(22)28/h3-5,7-10,15-16,22H,6,11-14H2,1-2H3,(H,30,34)(H,31,35). The Bertz CT molecular complexity index is 1350. The van der Waals surface area contributed by atoms with Gasteiger partial charge in [-0.1, -0.05) is 23.8 Å². The molecule has 1 unspecified atom stereocenters. The number of rotatable bonds is 4. The smallest absolute Gasteiger partial charge is 0.318 e. The second kappa shape index (κ2) is 9.85. The molecule has 3 aromatic rings. The zero-order valence-corrected chi connectivity index (χ0v) is 20.3. The molecule has 1 aliphatic carbocycles. The predicted octanol–water partition coefficient (Wildman–Crippen LogP) is 4.71. The Labute approximate surface area is 208 Å². The number of aromatic nitrogens is 1. The van der Waals surface area contributed by atoms with Crippen LogP contribution >= 0.6 is 0 Å². The van der Waals surface area contributed by atoms with Gasteiger partial charge in [-0.15, -0.1) is 0 Å². The van der Waals surface area contributed by atoms with Crippen LogP contribution in [-0.4, -0.2) is 54.0 Å². The van der Waals surface area contributed by atoms with Gasteiger partial charge in [0.15, 0.2) is 5.76 Å². The number of urea groups is 1. The molecule has 5 rings (SSSR count). The first-order valence-corrected chi connectivity index (χ1v) is 12.0. The summed E-state index contributed by atoms with van der Waals surface area (Å²) in [6, 6.07) is 8.61. The molecule has 186 valence electrons. The van der Waals surface area contributed by atoms with Gasteiger partial charge in [0.2, 0.25) is 0 Å². The monoisotopic (exact) mass is 489 g/mol. The Morgan fingerprint density at radius 3 is 2.64 bits per heavy atom. The highest BCUT2D eigenvalue weighted by molar-refractivity contribution is 6.06. The van der Waals surface area contributed by atoms with Crippen LogP contribution in [0.1, 0.15) is 28.1 Å². The molecule has 1 aliphatic heterocycles. The van der Waals surface area contributed by atoms with Crippen molar-refractivity contribution in [3.63, 3.8) is 0 Å². The van der Waals surface area contributed by atoms with Gasteiger partial charge in [-0.3, -0.25) is 4.79 Å². The molecule has 3 heterocycles. The van der Waals surface area contributed by atoms with Crippen molar-refractivity contribution in [2.75, 3.05) is 36.4 Å². The Hall–Kier alpha value is -4.14. The molecule has 2 N–H and O–H groups in total. The zero-order valence-electron chi connectivity index (χ0n) is 20.3. The molecule has 36 heavy (non-hydrogen) atoms. The van der Waals surface area contributed by atoms with Gasteiger partial charge in [0.1, 0.15) is 17.2 Å². The number of benzene rings is 1. The number of hydrogen-bond acceptors (Lipinski definition) is 5. The third-order valence-electron chi connectivity index (χ3n) is 6.59. The minimum atomic E-state index is -0.600. The van der Waals surface area contributed by atoms with E-state index >= 15 is 0 Å². The molecule has 1 saturated heterocycles. The number of carbonyl (C=O) groups is 2. The van der Waals surface area contributed by atoms with Crippen molar-refractivity contribution in [2.24, 2.45) is 0 Å². The van der Waals surface area contributed by atoms with E-state index in [1.54, 1.807) is 23.2 Å². The minimum absolute atomic E-state index is 0.263. The molecule has 0 spiro atoms. The Kier molecular flexibility index (Phi) is 6.45. The summed E-state index contributed by atoms with van der Waals surface area (Å²) >= 11 is 0. The first kappa shape index (κ1) is 23.6. The fourth-order valence-corrected chi connectivity index (χ4v) is 4.50. The van der Waals surface area contributed by atoms with Crippen LogP contribution in [0.25, 0.3) is 11.0 Å². The number of piperazine rings is 1. The van der Waals surface area contributed by atoms with Crippen molar-refractivity contribution < 1.29 is 18.4 Å². The molecule has 2 aromatic heterocycles. The van der Waals surface area contributed by atoms with Gasteiger partial charge in [-0.25, -0.2) is 14.2 Å². The quantitative estimate of drug-likeness (QED) is 0.554. The molecule has 0 radical (unpaired) electrons. The number of allylic oxidation sites excluding steroid dienone is 2. The molecule has 3 amide bonds. The van der Waals surface area contributed by atoms with Gasteiger partial charge in [-0.05, 0) is 50.6 Å². The van der Waals surface area contributed by atoms with Crippen molar-refractivity contribution in [3.05, 3.63) is 77.5 Å². The van der Waals surface area contributed by atoms with E-state index in [2.05, 4.69) is 20.5 Å². The Morgan fingerprint density at radius 2 is 1.92 bits per heavy atom. The van der Waals surface area contributed by atoms with Crippen LogP contribution in [0.4, 0.5) is 20.7 Å². The highest BCUT2D eigenvalue weighted by atomic mass is 19.1. The van der Waals surface area contributed by atoms with Gasteiger partial charge < -0.3 is 24.9 Å². The van der Waals surface area contributed by atoms with Crippen LogP contribution in [0.15, 0.2) is 65.0 Å². The van der Waals surface area contributed by atoms with Crippen molar-refractivity contribution in [1.82, 2.24) is 15.2 Å². The van der Waals surface area contributed by atoms with Gasteiger partial charge in [-0.2, -0.15) is 0 Å². The molecule has 8 nitrogen and oxygen atoms in total. The van der Waals surface area contributed by atoms with Gasteiger partial charge >= 0.3 is 6.03 Å². The molecule has 1 atom stereocenters. The number of fused-ring (bicyclic) bond motifs is 1. The molecule has 2 aliphatic rings. The lowest BCUT2D eigenvalue weighted by Gasteiger charge is -2.36. The van der Waals surface area contributed by atoms with Crippen LogP contribution in [0.5, 0.6) is 0 Å². The average molecular weight is 490 g/mol. The molecule has 0 saturated carbocycles. The number of furan rings is 1. The topological polar surface area (TPSA) is 90.7 Å². The summed E-state index contributed by atoms with van der Waals surface area (Å²) in [6.07, 6.45) is 6.93. The summed E-state index contributed by atoms with van der Waals surface area (Å²) in [5, 5.41) is 6.54. The van der Waals surface area contributed by atoms with Crippen LogP contribution in [0, 0.1) is 13.8 Å². The number of halogens is 1. The van der Waals surface area contributed by atoms with E-state index in [1.807, 2.05) is 44.2 Å². The number of anilines is 2. The number of amides is 3. The van der Waals surface area contributed by atoms with Crippen molar-refractivity contribution >= 4 is 34.4 Å². The summed E-state index contributed by atoms with van der Waals surface area (Å²) in [5.74, 6) is 0.394. The Morgan fingerprint density at radius 1 is 1.11 bits per heavy atom. The van der Waals surface area contributed by atoms with E-state index in [0.29, 0.717) is 43.9 Å². The summed E-state index contributed by atoms with van der Waals surface area (Å²) in [6.45, 7) is 6.09. The predicted molar refractivity (Wildman–Crippen MR) is 137 cm³/mol. The maximum Gasteiger partial charge on any atom is 0.318 e. The average Bonchev–Trinajstić information content (AvgIpc) is 3.21. The van der Waals surface area contributed by atoms with Crippen molar-refractivity contribution in [3.8, 4) is 0 Å². The van der Waals surface area contributed by atoms with Crippen molar-refractivity contribution in [1.29, 1.82) is 0 Å². The fraction of sp³-hybridized carbons (Fsp3) is 0.296. The van der Waals surface area contributed by atoms with E-state index in [0.717, 1.165) is 22.3 Å². The van der Waals surface area contributed by atoms with Gasteiger partial charge in [0.25, 0.3) is 5.91 Å². The maximum atomic E-state index is 13.9. The lowest BCUT2D eigenvalue weighted by Crippen LogP contribution is -2.53. The fourth-order valence-electron chi connectivity index (χ4n) is 4.50. The van der Waals surface area contributed by atoms with E-state index < -0.39 is 6.04 Å². The van der Waals surface area contributed by atoms with Crippen LogP contribution in [0.3, 0.4) is 0 Å². The molecular formula is C27H28FN5O3. The lowest BCUT2D eigenvalue weighted by atomic mass is 10.1. The molecular weight excluding hydrogens is 461 g/mol. The minimum Gasteiger partial charge on any atom is -0.451 e. The molecule has 1 aromatic carbocycles. The zero-order chi connectivity index (χ0) is 25.2. The summed E-state index contributed by atoms with van der Waals surface area (Å²) in [4.78, 5) is 33.6. The molecule has 1 fully saturated rings. The number of aryl methyl sites for hydroxylation is 2. The second-order valence-electron chi connectivity index (χ2n) is 9.11. The molecule has 9 heteroatoms. The number of pyridine rings is 1. The summed E-state index contributed by atoms with van der Waals surface area (Å²) in [7, 11) is 0. The lowest BCUT2D eigenvalue weighted by molar-refractivity contribution is 0.0998. The molecule has 0 bridgehead atoms. The van der Waals surface area contributed by atoms with E-state index in [-0.39, 0.29) is 23.5 Å². The largest absolute Gasteiger partial charge is 0.451 e. The van der Waals surface area contributed by atoms with E-state index in [4.69, 9.17) is 4.42 Å². The van der Waals surface area contributed by atoms with Gasteiger partial charge in [0, 0.05) is 37.1 Å². The summed E-state index contributed by atoms with van der Waals surface area (Å²) < 4.78 is 19.7. The third-order valence-corrected chi connectivity index (χ3v) is 6.59. The SMILES string of the molecule is Cc1ccc2oc(C(=O)Nc3ccc(N4CCN(C(=O)NC5CC=CC=C5F)CC4)nc3)c(C)c2c1. The first-order chi connectivity index (χ1) is 17.4. The number of hydrogen-bond donors (Lipinski definition) is 2. The number of carbonyl (C=O) groups excluding carboxylic acids is 2. The number of nitrogens with one attached hydrogen (secondary N) is 2. The number of nitrogens with zero attached hydrogens (tertiary/aromatic N) is 3. The van der Waals surface area contributed by atoms with E-state index in [9.17, 15) is 14.0 Å². The maximum absolute atomic E-state index is 13.9. The van der Waals surface area contributed by atoms with Crippen LogP contribution in [0.2, 0.25) is 0 Å². The normalized spacial score (nSPS) is 17.8. The van der Waals surface area contributed by atoms with Crippen LogP contribution in [-0.2, 0) is 0 Å². The Balaban J connectivity index is 1.16. The van der Waals surface area contributed by atoms with E-state index in [1.165, 1.54) is 6.08 Å². The van der Waals surface area contributed by atoms with Gasteiger partial charge in [0.05, 0.1) is 17.9 Å². The second-order valence-corrected chi connectivity index (χ2v) is 9.11. The van der Waals surface area contributed by atoms with Crippen molar-refractivity contribution in [2.45, 2.75) is 26.3 Å². The first-order valence-electron chi connectivity index (χ1n) is 12.0. The highest BCUT2D eigenvalue weighted by Crippen LogP contribution is 2.27. The summed E-state index contributed by atoms with van der Waals surface area (Å²) in [5.41, 5.74) is 3.15. The third kappa shape index (κ3) is 4.82. The highest BCUT2D eigenvalue weighted by Gasteiger charge is 2.25.